The minimum Gasteiger partial charge on any atom is -0.505 e. The zero-order valence-electron chi connectivity index (χ0n) is 16.1. The number of halogens is 6. The van der Waals surface area contributed by atoms with E-state index in [1.54, 1.807) is 0 Å². The molecule has 0 unspecified atom stereocenters. The van der Waals surface area contributed by atoms with Crippen LogP contribution in [0, 0.1) is 0 Å². The maximum atomic E-state index is 12.3. The van der Waals surface area contributed by atoms with E-state index in [1.807, 2.05) is 0 Å². The van der Waals surface area contributed by atoms with E-state index in [1.165, 1.54) is 12.1 Å². The molecule has 1 heterocycles. The van der Waals surface area contributed by atoms with Gasteiger partial charge in [0.05, 0.1) is 42.3 Å². The molecule has 3 aromatic carbocycles. The molecule has 174 valence electrons. The van der Waals surface area contributed by atoms with Gasteiger partial charge in [0, 0.05) is 21.9 Å². The second-order valence-electron chi connectivity index (χ2n) is 6.90. The van der Waals surface area contributed by atoms with Gasteiger partial charge in [0.15, 0.2) is 11.5 Å². The van der Waals surface area contributed by atoms with Crippen LogP contribution in [-0.4, -0.2) is 37.3 Å². The molecule has 1 aromatic heterocycles. The molecule has 4 N–H and O–H groups in total. The number of pyridine rings is 1. The van der Waals surface area contributed by atoms with Gasteiger partial charge in [-0.25, -0.2) is 14.6 Å². The fourth-order valence-electron chi connectivity index (χ4n) is 3.55. The number of benzene rings is 3. The van der Waals surface area contributed by atoms with Crippen molar-refractivity contribution in [2.75, 3.05) is 0 Å². The van der Waals surface area contributed by atoms with Crippen LogP contribution >= 0.6 is 69.6 Å². The molecule has 0 fully saturated rings. The normalized spacial score (nSPS) is 11.4. The van der Waals surface area contributed by atoms with Crippen LogP contribution in [0.4, 0.5) is 0 Å². The molecule has 0 saturated carbocycles. The van der Waals surface area contributed by atoms with Gasteiger partial charge < -0.3 is 20.4 Å². The maximum Gasteiger partial charge on any atom is 0.337 e. The lowest BCUT2D eigenvalue weighted by Gasteiger charge is -2.19. The average Bonchev–Trinajstić information content (AvgIpc) is 2.76. The Labute approximate surface area is 219 Å². The molecular formula is C21H7Cl6NO6. The van der Waals surface area contributed by atoms with Gasteiger partial charge in [-0.1, -0.05) is 69.6 Å². The highest BCUT2D eigenvalue weighted by Gasteiger charge is 2.29. The first-order chi connectivity index (χ1) is 15.9. The van der Waals surface area contributed by atoms with Crippen LogP contribution in [0.1, 0.15) is 20.7 Å². The number of hydrogen-bond donors (Lipinski definition) is 4. The van der Waals surface area contributed by atoms with Crippen molar-refractivity contribution in [3.05, 3.63) is 59.5 Å². The van der Waals surface area contributed by atoms with Gasteiger partial charge in [-0.05, 0) is 18.2 Å². The molecule has 0 amide bonds. The Morgan fingerprint density at radius 2 is 1.12 bits per heavy atom. The molecule has 7 nitrogen and oxygen atoms in total. The smallest absolute Gasteiger partial charge is 0.337 e. The summed E-state index contributed by atoms with van der Waals surface area (Å²) in [7, 11) is 0. The Kier molecular flexibility index (Phi) is 6.31. The van der Waals surface area contributed by atoms with Gasteiger partial charge in [-0.2, -0.15) is 0 Å². The third-order valence-corrected chi connectivity index (χ3v) is 6.99. The monoisotopic (exact) mass is 579 g/mol. The SMILES string of the molecule is O=C(O)c1cc(Cl)c(-c2c3cc(Cl)c(O)c(Cl)c3nc3c(Cl)c(O)c(Cl)cc23)c(C(=O)O)c1Cl. The van der Waals surface area contributed by atoms with Crippen molar-refractivity contribution >= 4 is 103 Å². The summed E-state index contributed by atoms with van der Waals surface area (Å²) in [5.74, 6) is -4.11. The first-order valence-corrected chi connectivity index (χ1v) is 11.1. The number of aromatic hydroxyl groups is 2. The quantitative estimate of drug-likeness (QED) is 0.182. The molecule has 0 spiro atoms. The molecule has 13 heteroatoms. The fraction of sp³-hybridized carbons (Fsp3) is 0. The molecule has 0 atom stereocenters. The Morgan fingerprint density at radius 3 is 1.53 bits per heavy atom. The highest BCUT2D eigenvalue weighted by molar-refractivity contribution is 6.45. The summed E-state index contributed by atoms with van der Waals surface area (Å²) in [6.07, 6.45) is 0. The molecule has 0 aliphatic rings. The number of hydrogen-bond acceptors (Lipinski definition) is 5. The Bertz CT molecular complexity index is 1530. The van der Waals surface area contributed by atoms with Gasteiger partial charge >= 0.3 is 11.9 Å². The standard InChI is InChI=1S/C21H7Cl6NO6/c22-7-3-6(20(31)32)13(25)12(21(33)34)11(7)10-4-1-8(23)18(29)14(26)16(4)28-17-5(10)2-9(24)19(30)15(17)27/h1-3,29-30H,(H,31,32)(H,33,34). The lowest BCUT2D eigenvalue weighted by molar-refractivity contribution is 0.0696. The number of carboxylic acids is 2. The Morgan fingerprint density at radius 1 is 0.647 bits per heavy atom. The van der Waals surface area contributed by atoms with Crippen LogP contribution in [-0.2, 0) is 0 Å². The number of nitrogens with zero attached hydrogens (tertiary/aromatic N) is 1. The van der Waals surface area contributed by atoms with E-state index in [4.69, 9.17) is 69.6 Å². The van der Waals surface area contributed by atoms with Crippen molar-refractivity contribution in [3.63, 3.8) is 0 Å². The Balaban J connectivity index is 2.40. The summed E-state index contributed by atoms with van der Waals surface area (Å²) in [6.45, 7) is 0. The molecule has 0 bridgehead atoms. The van der Waals surface area contributed by atoms with E-state index in [0.717, 1.165) is 6.07 Å². The predicted molar refractivity (Wildman–Crippen MR) is 132 cm³/mol. The van der Waals surface area contributed by atoms with E-state index in [2.05, 4.69) is 4.98 Å². The molecule has 34 heavy (non-hydrogen) atoms. The van der Waals surface area contributed by atoms with Gasteiger partial charge in [-0.3, -0.25) is 0 Å². The number of aromatic carboxylic acids is 2. The van der Waals surface area contributed by atoms with Gasteiger partial charge in [-0.15, -0.1) is 0 Å². The maximum absolute atomic E-state index is 12.3. The number of phenols is 2. The molecular weight excluding hydrogens is 575 g/mol. The van der Waals surface area contributed by atoms with Crippen molar-refractivity contribution in [3.8, 4) is 22.6 Å². The van der Waals surface area contributed by atoms with Crippen LogP contribution in [0.25, 0.3) is 32.9 Å². The number of phenolic OH excluding ortho intramolecular Hbond substituents is 2. The number of rotatable bonds is 3. The summed E-state index contributed by atoms with van der Waals surface area (Å²) in [5, 5.41) is 38.2. The fourth-order valence-corrected chi connectivity index (χ4v) is 5.15. The summed E-state index contributed by atoms with van der Waals surface area (Å²) in [5.41, 5.74) is -1.51. The molecule has 0 aliphatic carbocycles. The Hall–Kier alpha value is -2.39. The number of fused-ring (bicyclic) bond motifs is 2. The summed E-state index contributed by atoms with van der Waals surface area (Å²) >= 11 is 37.4. The van der Waals surface area contributed by atoms with Gasteiger partial charge in [0.2, 0.25) is 0 Å². The van der Waals surface area contributed by atoms with Crippen molar-refractivity contribution in [2.24, 2.45) is 0 Å². The minimum atomic E-state index is -1.59. The number of aromatic nitrogens is 1. The van der Waals surface area contributed by atoms with E-state index < -0.39 is 39.6 Å². The highest BCUT2D eigenvalue weighted by atomic mass is 35.5. The highest BCUT2D eigenvalue weighted by Crippen LogP contribution is 2.50. The first-order valence-electron chi connectivity index (χ1n) is 8.87. The zero-order chi connectivity index (χ0) is 25.2. The zero-order valence-corrected chi connectivity index (χ0v) is 20.6. The van der Waals surface area contributed by atoms with Crippen molar-refractivity contribution in [1.82, 2.24) is 4.98 Å². The van der Waals surface area contributed by atoms with Crippen molar-refractivity contribution in [2.45, 2.75) is 0 Å². The topological polar surface area (TPSA) is 128 Å². The van der Waals surface area contributed by atoms with Crippen LogP contribution in [0.3, 0.4) is 0 Å². The minimum absolute atomic E-state index is 0.0221. The molecule has 0 aliphatic heterocycles. The number of carbonyl (C=O) groups is 2. The van der Waals surface area contributed by atoms with E-state index in [9.17, 15) is 30.0 Å². The number of carboxylic acid groups (broad SMARTS) is 2. The van der Waals surface area contributed by atoms with Crippen LogP contribution in [0.15, 0.2) is 18.2 Å². The van der Waals surface area contributed by atoms with Crippen LogP contribution in [0.5, 0.6) is 11.5 Å². The largest absolute Gasteiger partial charge is 0.505 e. The van der Waals surface area contributed by atoms with Gasteiger partial charge in [0.1, 0.15) is 10.0 Å². The molecule has 4 aromatic rings. The first kappa shape index (κ1) is 24.7. The predicted octanol–water partition coefficient (Wildman–Crippen LogP) is 7.78. The van der Waals surface area contributed by atoms with E-state index in [0.29, 0.717) is 0 Å². The molecule has 0 saturated heterocycles. The third-order valence-electron chi connectivity index (χ3n) is 5.01. The summed E-state index contributed by atoms with van der Waals surface area (Å²) in [4.78, 5) is 28.2. The third kappa shape index (κ3) is 3.64. The second kappa shape index (κ2) is 8.68. The van der Waals surface area contributed by atoms with Crippen molar-refractivity contribution in [1.29, 1.82) is 0 Å². The van der Waals surface area contributed by atoms with E-state index in [-0.39, 0.29) is 58.0 Å². The van der Waals surface area contributed by atoms with E-state index >= 15 is 0 Å². The molecule has 4 rings (SSSR count). The molecule has 0 radical (unpaired) electrons. The lowest BCUT2D eigenvalue weighted by atomic mass is 9.91. The lowest BCUT2D eigenvalue weighted by Crippen LogP contribution is -2.08. The van der Waals surface area contributed by atoms with Gasteiger partial charge in [0.25, 0.3) is 0 Å². The van der Waals surface area contributed by atoms with Crippen molar-refractivity contribution < 1.29 is 30.0 Å². The van der Waals surface area contributed by atoms with Crippen LogP contribution in [0.2, 0.25) is 30.1 Å². The summed E-state index contributed by atoms with van der Waals surface area (Å²) in [6, 6.07) is 3.50. The summed E-state index contributed by atoms with van der Waals surface area (Å²) < 4.78 is 0. The average molecular weight is 582 g/mol. The van der Waals surface area contributed by atoms with Crippen LogP contribution < -0.4 is 0 Å². The second-order valence-corrected chi connectivity index (χ2v) is 9.26.